The SMILES string of the molecule is C#CCC(N)c1ccc(F)c(Br)c1. The van der Waals surface area contributed by atoms with Crippen LogP contribution in [0.2, 0.25) is 0 Å². The summed E-state index contributed by atoms with van der Waals surface area (Å²) >= 11 is 3.08. The lowest BCUT2D eigenvalue weighted by Crippen LogP contribution is -2.09. The highest BCUT2D eigenvalue weighted by molar-refractivity contribution is 9.10. The maximum Gasteiger partial charge on any atom is 0.137 e. The van der Waals surface area contributed by atoms with Crippen LogP contribution in [0.15, 0.2) is 22.7 Å². The predicted octanol–water partition coefficient (Wildman–Crippen LogP) is 2.61. The van der Waals surface area contributed by atoms with Crippen molar-refractivity contribution in [1.82, 2.24) is 0 Å². The van der Waals surface area contributed by atoms with Crippen molar-refractivity contribution in [1.29, 1.82) is 0 Å². The van der Waals surface area contributed by atoms with Gasteiger partial charge in [0.05, 0.1) is 4.47 Å². The number of benzene rings is 1. The third-order valence-corrected chi connectivity index (χ3v) is 2.32. The van der Waals surface area contributed by atoms with Crippen LogP contribution in [0.4, 0.5) is 4.39 Å². The number of hydrogen-bond donors (Lipinski definition) is 1. The Morgan fingerprint density at radius 2 is 2.31 bits per heavy atom. The predicted molar refractivity (Wildman–Crippen MR) is 54.5 cm³/mol. The molecule has 1 unspecified atom stereocenters. The summed E-state index contributed by atoms with van der Waals surface area (Å²) in [5, 5.41) is 0. The number of halogens is 2. The molecule has 3 heteroatoms. The molecule has 0 fully saturated rings. The molecular formula is C10H9BrFN. The maximum atomic E-state index is 12.8. The Balaban J connectivity index is 2.91. The third-order valence-electron chi connectivity index (χ3n) is 1.71. The lowest BCUT2D eigenvalue weighted by molar-refractivity contribution is 0.618. The first-order valence-electron chi connectivity index (χ1n) is 3.79. The normalized spacial score (nSPS) is 12.2. The molecule has 0 aliphatic rings. The Bertz CT molecular complexity index is 343. The van der Waals surface area contributed by atoms with E-state index in [1.807, 2.05) is 0 Å². The van der Waals surface area contributed by atoms with Gasteiger partial charge in [-0.1, -0.05) is 6.07 Å². The van der Waals surface area contributed by atoms with Crippen LogP contribution < -0.4 is 5.73 Å². The fraction of sp³-hybridized carbons (Fsp3) is 0.200. The van der Waals surface area contributed by atoms with Crippen LogP contribution in [0, 0.1) is 18.2 Å². The molecule has 0 saturated heterocycles. The summed E-state index contributed by atoms with van der Waals surface area (Å²) in [5.74, 6) is 2.17. The second-order valence-electron chi connectivity index (χ2n) is 2.69. The van der Waals surface area contributed by atoms with Crippen LogP contribution in [0.3, 0.4) is 0 Å². The molecule has 1 aromatic rings. The average Bonchev–Trinajstić information content (AvgIpc) is 2.10. The second kappa shape index (κ2) is 4.40. The smallest absolute Gasteiger partial charge is 0.137 e. The van der Waals surface area contributed by atoms with E-state index in [2.05, 4.69) is 21.9 Å². The molecule has 0 aliphatic heterocycles. The third kappa shape index (κ3) is 2.55. The van der Waals surface area contributed by atoms with Crippen LogP contribution in [-0.4, -0.2) is 0 Å². The van der Waals surface area contributed by atoms with Gasteiger partial charge >= 0.3 is 0 Å². The van der Waals surface area contributed by atoms with Crippen LogP contribution in [-0.2, 0) is 0 Å². The van der Waals surface area contributed by atoms with Crippen LogP contribution >= 0.6 is 15.9 Å². The van der Waals surface area contributed by atoms with Crippen molar-refractivity contribution < 1.29 is 4.39 Å². The maximum absolute atomic E-state index is 12.8. The first kappa shape index (κ1) is 10.2. The molecule has 0 heterocycles. The van der Waals surface area contributed by atoms with Crippen LogP contribution in [0.25, 0.3) is 0 Å². The summed E-state index contributed by atoms with van der Waals surface area (Å²) < 4.78 is 13.2. The summed E-state index contributed by atoms with van der Waals surface area (Å²) in [6.45, 7) is 0. The molecule has 0 aromatic heterocycles. The highest BCUT2D eigenvalue weighted by Gasteiger charge is 2.06. The summed E-state index contributed by atoms with van der Waals surface area (Å²) in [7, 11) is 0. The molecule has 2 N–H and O–H groups in total. The van der Waals surface area contributed by atoms with E-state index in [0.29, 0.717) is 10.9 Å². The van der Waals surface area contributed by atoms with Gasteiger partial charge in [-0.25, -0.2) is 4.39 Å². The molecule has 13 heavy (non-hydrogen) atoms. The molecule has 1 nitrogen and oxygen atoms in total. The van der Waals surface area contributed by atoms with Crippen molar-refractivity contribution in [2.45, 2.75) is 12.5 Å². The Kier molecular flexibility index (Phi) is 3.47. The monoisotopic (exact) mass is 241 g/mol. The average molecular weight is 242 g/mol. The van der Waals surface area contributed by atoms with Gasteiger partial charge in [-0.15, -0.1) is 12.3 Å². The Hall–Kier alpha value is -0.850. The van der Waals surface area contributed by atoms with Crippen molar-refractivity contribution in [2.75, 3.05) is 0 Å². The quantitative estimate of drug-likeness (QED) is 0.792. The first-order chi connectivity index (χ1) is 6.15. The van der Waals surface area contributed by atoms with E-state index in [-0.39, 0.29) is 11.9 Å². The van der Waals surface area contributed by atoms with Crippen molar-refractivity contribution >= 4 is 15.9 Å². The summed E-state index contributed by atoms with van der Waals surface area (Å²) in [4.78, 5) is 0. The zero-order chi connectivity index (χ0) is 9.84. The van der Waals surface area contributed by atoms with Crippen molar-refractivity contribution in [3.05, 3.63) is 34.1 Å². The first-order valence-corrected chi connectivity index (χ1v) is 4.58. The molecule has 1 rings (SSSR count). The van der Waals surface area contributed by atoms with E-state index in [4.69, 9.17) is 12.2 Å². The van der Waals surface area contributed by atoms with Gasteiger partial charge in [-0.3, -0.25) is 0 Å². The molecular weight excluding hydrogens is 233 g/mol. The molecule has 68 valence electrons. The van der Waals surface area contributed by atoms with Crippen molar-refractivity contribution in [3.8, 4) is 12.3 Å². The minimum absolute atomic E-state index is 0.220. The molecule has 0 aliphatic carbocycles. The lowest BCUT2D eigenvalue weighted by atomic mass is 10.1. The van der Waals surface area contributed by atoms with E-state index in [9.17, 15) is 4.39 Å². The van der Waals surface area contributed by atoms with Crippen molar-refractivity contribution in [3.63, 3.8) is 0 Å². The molecule has 0 spiro atoms. The fourth-order valence-electron chi connectivity index (χ4n) is 0.988. The summed E-state index contributed by atoms with van der Waals surface area (Å²) in [6, 6.07) is 4.44. The fourth-order valence-corrected chi connectivity index (χ4v) is 1.38. The highest BCUT2D eigenvalue weighted by Crippen LogP contribution is 2.21. The number of rotatable bonds is 2. The van der Waals surface area contributed by atoms with Crippen LogP contribution in [0.1, 0.15) is 18.0 Å². The molecule has 1 aromatic carbocycles. The van der Waals surface area contributed by atoms with Gasteiger partial charge in [0.1, 0.15) is 5.82 Å². The summed E-state index contributed by atoms with van der Waals surface area (Å²) in [6.07, 6.45) is 5.58. The van der Waals surface area contributed by atoms with Gasteiger partial charge in [0.15, 0.2) is 0 Å². The zero-order valence-corrected chi connectivity index (χ0v) is 8.51. The van der Waals surface area contributed by atoms with E-state index in [0.717, 1.165) is 5.56 Å². The lowest BCUT2D eigenvalue weighted by Gasteiger charge is -2.08. The minimum atomic E-state index is -0.295. The minimum Gasteiger partial charge on any atom is -0.323 e. The number of nitrogens with two attached hydrogens (primary N) is 1. The zero-order valence-electron chi connectivity index (χ0n) is 6.93. The highest BCUT2D eigenvalue weighted by atomic mass is 79.9. The van der Waals surface area contributed by atoms with Crippen molar-refractivity contribution in [2.24, 2.45) is 5.73 Å². The molecule has 0 radical (unpaired) electrons. The Morgan fingerprint density at radius 1 is 1.62 bits per heavy atom. The van der Waals surface area contributed by atoms with Gasteiger partial charge in [0.25, 0.3) is 0 Å². The molecule has 0 saturated carbocycles. The van der Waals surface area contributed by atoms with E-state index >= 15 is 0 Å². The van der Waals surface area contributed by atoms with Gasteiger partial charge in [-0.2, -0.15) is 0 Å². The standard InChI is InChI=1S/C10H9BrFN/c1-2-3-10(13)7-4-5-9(12)8(11)6-7/h1,4-6,10H,3,13H2. The Labute approximate surface area is 85.3 Å². The Morgan fingerprint density at radius 3 is 2.85 bits per heavy atom. The van der Waals surface area contributed by atoms with Crippen LogP contribution in [0.5, 0.6) is 0 Å². The number of hydrogen-bond acceptors (Lipinski definition) is 1. The van der Waals surface area contributed by atoms with Gasteiger partial charge in [0, 0.05) is 12.5 Å². The van der Waals surface area contributed by atoms with Gasteiger partial charge in [0.2, 0.25) is 0 Å². The summed E-state index contributed by atoms with van der Waals surface area (Å²) in [5.41, 5.74) is 6.58. The topological polar surface area (TPSA) is 26.0 Å². The van der Waals surface area contributed by atoms with E-state index < -0.39 is 0 Å². The molecule has 0 bridgehead atoms. The largest absolute Gasteiger partial charge is 0.323 e. The molecule has 0 amide bonds. The second-order valence-corrected chi connectivity index (χ2v) is 3.54. The van der Waals surface area contributed by atoms with Gasteiger partial charge < -0.3 is 5.73 Å². The number of terminal acetylenes is 1. The van der Waals surface area contributed by atoms with E-state index in [1.165, 1.54) is 6.07 Å². The molecule has 1 atom stereocenters. The van der Waals surface area contributed by atoms with Gasteiger partial charge in [-0.05, 0) is 33.6 Å². The van der Waals surface area contributed by atoms with E-state index in [1.54, 1.807) is 12.1 Å².